The molecule has 0 fully saturated rings. The maximum absolute atomic E-state index is 12.3. The molecular formula is C27H39BrN8O5SSi. The van der Waals surface area contributed by atoms with Crippen LogP contribution in [0.1, 0.15) is 32.2 Å². The number of rotatable bonds is 12. The summed E-state index contributed by atoms with van der Waals surface area (Å²) in [4.78, 5) is 25.5. The second kappa shape index (κ2) is 12.9. The quantitative estimate of drug-likeness (QED) is 0.158. The number of hydrogen-bond acceptors (Lipinski definition) is 10. The molecule has 234 valence electrons. The number of sulfone groups is 1. The average molecular weight is 696 g/mol. The fraction of sp³-hybridized carbons (Fsp3) is 0.519. The third-order valence-electron chi connectivity index (χ3n) is 6.25. The van der Waals surface area contributed by atoms with E-state index in [1.54, 1.807) is 0 Å². The lowest BCUT2D eigenvalue weighted by atomic mass is 10.1. The van der Waals surface area contributed by atoms with Crippen LogP contribution in [-0.4, -0.2) is 76.7 Å². The minimum atomic E-state index is -3.68. The fourth-order valence-corrected chi connectivity index (χ4v) is 5.81. The number of nitrogens with one attached hydrogen (secondary N) is 2. The van der Waals surface area contributed by atoms with Crippen LogP contribution in [0.2, 0.25) is 25.7 Å². The van der Waals surface area contributed by atoms with Gasteiger partial charge in [-0.25, -0.2) is 18.2 Å². The van der Waals surface area contributed by atoms with E-state index in [1.165, 1.54) is 10.7 Å². The summed E-state index contributed by atoms with van der Waals surface area (Å²) in [6.45, 7) is 13.8. The van der Waals surface area contributed by atoms with Crippen LogP contribution < -0.4 is 10.6 Å². The molecule has 0 bridgehead atoms. The summed E-state index contributed by atoms with van der Waals surface area (Å²) in [7, 11) is -4.98. The second-order valence-electron chi connectivity index (χ2n) is 12.5. The number of anilines is 1. The molecular weight excluding hydrogens is 656 g/mol. The van der Waals surface area contributed by atoms with Crippen molar-refractivity contribution >= 4 is 62.6 Å². The molecule has 16 heteroatoms. The summed E-state index contributed by atoms with van der Waals surface area (Å²) < 4.78 is 40.1. The number of carbonyl (C=O) groups excluding carboxylic acids is 1. The van der Waals surface area contributed by atoms with Gasteiger partial charge in [0.25, 0.3) is 5.16 Å². The Balaban J connectivity index is 1.64. The van der Waals surface area contributed by atoms with E-state index >= 15 is 0 Å². The molecule has 0 saturated carbocycles. The normalized spacial score (nSPS) is 12.7. The molecule has 2 N–H and O–H groups in total. The van der Waals surface area contributed by atoms with Crippen molar-refractivity contribution in [3.8, 4) is 0 Å². The Morgan fingerprint density at radius 1 is 1.14 bits per heavy atom. The topological polar surface area (TPSA) is 155 Å². The SMILES string of the molecule is CC(C)(C)OC(=O)NCCc1cccc2nc(CNc3nc(S(C)(=O)=O)nc4c(Br)cnn34)n(COCC[Si](C)(C)C)c12. The molecule has 0 spiro atoms. The average Bonchev–Trinajstić information content (AvgIpc) is 3.43. The van der Waals surface area contributed by atoms with Crippen LogP contribution in [0, 0.1) is 0 Å². The minimum Gasteiger partial charge on any atom is -0.444 e. The number of fused-ring (bicyclic) bond motifs is 2. The molecule has 0 aliphatic heterocycles. The van der Waals surface area contributed by atoms with Gasteiger partial charge in [0.1, 0.15) is 18.2 Å². The molecule has 13 nitrogen and oxygen atoms in total. The Morgan fingerprint density at radius 2 is 1.88 bits per heavy atom. The van der Waals surface area contributed by atoms with E-state index in [1.807, 2.05) is 43.5 Å². The summed E-state index contributed by atoms with van der Waals surface area (Å²) in [5.41, 5.74) is 2.39. The molecule has 43 heavy (non-hydrogen) atoms. The first-order valence-electron chi connectivity index (χ1n) is 13.9. The lowest BCUT2D eigenvalue weighted by Crippen LogP contribution is -2.33. The van der Waals surface area contributed by atoms with Crippen LogP contribution in [0.3, 0.4) is 0 Å². The van der Waals surface area contributed by atoms with Gasteiger partial charge in [0, 0.05) is 27.5 Å². The second-order valence-corrected chi connectivity index (χ2v) is 20.8. The molecule has 3 aromatic heterocycles. The molecule has 1 aromatic carbocycles. The van der Waals surface area contributed by atoms with Gasteiger partial charge >= 0.3 is 6.09 Å². The van der Waals surface area contributed by atoms with E-state index in [-0.39, 0.29) is 24.4 Å². The van der Waals surface area contributed by atoms with Crippen molar-refractivity contribution in [2.24, 2.45) is 0 Å². The highest BCUT2D eigenvalue weighted by atomic mass is 79.9. The van der Waals surface area contributed by atoms with Crippen molar-refractivity contribution in [2.75, 3.05) is 24.7 Å². The number of ether oxygens (including phenoxy) is 2. The summed E-state index contributed by atoms with van der Waals surface area (Å²) in [6, 6.07) is 6.88. The fourth-order valence-electron chi connectivity index (χ4n) is 4.20. The first-order chi connectivity index (χ1) is 20.0. The smallest absolute Gasteiger partial charge is 0.407 e. The third kappa shape index (κ3) is 8.74. The molecule has 4 rings (SSSR count). The molecule has 3 heterocycles. The number of alkyl carbamates (subject to hydrolysis) is 1. The van der Waals surface area contributed by atoms with Crippen LogP contribution in [0.5, 0.6) is 0 Å². The maximum atomic E-state index is 12.3. The van der Waals surface area contributed by atoms with Crippen molar-refractivity contribution in [3.05, 3.63) is 40.3 Å². The predicted octanol–water partition coefficient (Wildman–Crippen LogP) is 4.63. The summed E-state index contributed by atoms with van der Waals surface area (Å²) in [6.07, 6.45) is 2.67. The van der Waals surface area contributed by atoms with Crippen molar-refractivity contribution in [2.45, 2.75) is 76.9 Å². The zero-order valence-electron chi connectivity index (χ0n) is 25.6. The number of imidazole rings is 1. The van der Waals surface area contributed by atoms with Crippen LogP contribution >= 0.6 is 15.9 Å². The van der Waals surface area contributed by atoms with Gasteiger partial charge in [0.15, 0.2) is 5.65 Å². The lowest BCUT2D eigenvalue weighted by molar-refractivity contribution is 0.0528. The molecule has 0 unspecified atom stereocenters. The van der Waals surface area contributed by atoms with E-state index in [0.717, 1.165) is 28.9 Å². The first kappa shape index (κ1) is 32.8. The van der Waals surface area contributed by atoms with Crippen LogP contribution in [-0.2, 0) is 39.0 Å². The Labute approximate surface area is 260 Å². The first-order valence-corrected chi connectivity index (χ1v) is 20.3. The van der Waals surface area contributed by atoms with E-state index in [2.05, 4.69) is 61.3 Å². The van der Waals surface area contributed by atoms with Crippen molar-refractivity contribution < 1.29 is 22.7 Å². The highest BCUT2D eigenvalue weighted by Gasteiger charge is 2.21. The molecule has 0 radical (unpaired) electrons. The third-order valence-corrected chi connectivity index (χ3v) is 9.36. The molecule has 4 aromatic rings. The number of nitrogens with zero attached hydrogens (tertiary/aromatic N) is 6. The van der Waals surface area contributed by atoms with Gasteiger partial charge in [0.2, 0.25) is 15.8 Å². The maximum Gasteiger partial charge on any atom is 0.407 e. The van der Waals surface area contributed by atoms with E-state index < -0.39 is 29.6 Å². The predicted molar refractivity (Wildman–Crippen MR) is 171 cm³/mol. The highest BCUT2D eigenvalue weighted by Crippen LogP contribution is 2.24. The van der Waals surface area contributed by atoms with Gasteiger partial charge in [-0.15, -0.1) is 0 Å². The summed E-state index contributed by atoms with van der Waals surface area (Å²) >= 11 is 3.37. The summed E-state index contributed by atoms with van der Waals surface area (Å²) in [5.74, 6) is 0.866. The minimum absolute atomic E-state index is 0.203. The van der Waals surface area contributed by atoms with E-state index in [4.69, 9.17) is 14.5 Å². The number of benzene rings is 1. The van der Waals surface area contributed by atoms with E-state index in [9.17, 15) is 13.2 Å². The van der Waals surface area contributed by atoms with Crippen molar-refractivity contribution in [3.63, 3.8) is 0 Å². The van der Waals surface area contributed by atoms with Gasteiger partial charge in [-0.1, -0.05) is 31.8 Å². The molecule has 0 saturated heterocycles. The van der Waals surface area contributed by atoms with Gasteiger partial charge < -0.3 is 24.7 Å². The standard InChI is InChI=1S/C27H39BrN8O5SSi/c1-27(2,3)41-26(37)29-12-11-18-9-8-10-20-22(18)35(17-40-13-14-43(5,6)7)21(32-20)16-30-24-34-25(42(4,38)39)33-23-19(28)15-31-36(23)24/h8-10,15H,11-14,16-17H2,1-7H3,(H,29,37)(H,30,33,34). The zero-order chi connectivity index (χ0) is 31.6. The molecule has 0 atom stereocenters. The number of carbonyl (C=O) groups is 1. The Bertz CT molecular complexity index is 1730. The van der Waals surface area contributed by atoms with Gasteiger partial charge in [-0.2, -0.15) is 19.6 Å². The molecule has 0 aliphatic carbocycles. The van der Waals surface area contributed by atoms with Crippen LogP contribution in [0.25, 0.3) is 16.7 Å². The summed E-state index contributed by atoms with van der Waals surface area (Å²) in [5, 5.41) is 10.00. The van der Waals surface area contributed by atoms with Gasteiger partial charge in [0.05, 0.1) is 28.2 Å². The number of amides is 1. The van der Waals surface area contributed by atoms with Crippen molar-refractivity contribution in [1.29, 1.82) is 0 Å². The number of halogens is 1. The molecule has 0 aliphatic rings. The lowest BCUT2D eigenvalue weighted by Gasteiger charge is -2.20. The highest BCUT2D eigenvalue weighted by molar-refractivity contribution is 9.10. The molecule has 1 amide bonds. The van der Waals surface area contributed by atoms with Crippen LogP contribution in [0.4, 0.5) is 10.7 Å². The van der Waals surface area contributed by atoms with Crippen LogP contribution in [0.15, 0.2) is 34.0 Å². The van der Waals surface area contributed by atoms with Gasteiger partial charge in [-0.3, -0.25) is 0 Å². The van der Waals surface area contributed by atoms with Gasteiger partial charge in [-0.05, 0) is 60.8 Å². The Kier molecular flexibility index (Phi) is 9.83. The Hall–Kier alpha value is -3.08. The number of hydrogen-bond donors (Lipinski definition) is 2. The number of aromatic nitrogens is 6. The largest absolute Gasteiger partial charge is 0.444 e. The Morgan fingerprint density at radius 3 is 2.56 bits per heavy atom. The zero-order valence-corrected chi connectivity index (χ0v) is 29.0. The monoisotopic (exact) mass is 694 g/mol. The number of para-hydroxylation sites is 1. The van der Waals surface area contributed by atoms with E-state index in [0.29, 0.717) is 35.5 Å². The van der Waals surface area contributed by atoms with Crippen molar-refractivity contribution in [1.82, 2.24) is 34.4 Å².